The van der Waals surface area contributed by atoms with Crippen molar-refractivity contribution < 1.29 is 23.4 Å². The van der Waals surface area contributed by atoms with E-state index in [1.807, 2.05) is 24.3 Å². The van der Waals surface area contributed by atoms with Crippen molar-refractivity contribution in [2.24, 2.45) is 0 Å². The molecule has 0 saturated carbocycles. The molecule has 0 unspecified atom stereocenters. The monoisotopic (exact) mass is 584 g/mol. The highest BCUT2D eigenvalue weighted by atomic mass is 16.5. The van der Waals surface area contributed by atoms with Gasteiger partial charge in [-0.1, -0.05) is 30.3 Å². The normalized spacial score (nSPS) is 20.5. The van der Waals surface area contributed by atoms with E-state index in [0.717, 1.165) is 87.0 Å². The summed E-state index contributed by atoms with van der Waals surface area (Å²) in [7, 11) is 1.75. The van der Waals surface area contributed by atoms with Crippen molar-refractivity contribution in [2.75, 3.05) is 69.4 Å². The molecule has 0 spiro atoms. The van der Waals surface area contributed by atoms with Crippen LogP contribution in [0.15, 0.2) is 71.1 Å². The number of fused-ring (bicyclic) bond motifs is 2. The van der Waals surface area contributed by atoms with Gasteiger partial charge in [-0.2, -0.15) is 4.98 Å². The first-order chi connectivity index (χ1) is 21.2. The van der Waals surface area contributed by atoms with Gasteiger partial charge in [-0.05, 0) is 66.9 Å². The van der Waals surface area contributed by atoms with Gasteiger partial charge < -0.3 is 38.5 Å². The van der Waals surface area contributed by atoms with Crippen molar-refractivity contribution in [1.29, 1.82) is 0 Å². The largest absolute Gasteiger partial charge is 0.490 e. The molecule has 1 aromatic heterocycles. The maximum atomic E-state index is 6.56. The Hall–Kier alpha value is -3.79. The third-order valence-electron chi connectivity index (χ3n) is 8.66. The average molecular weight is 585 g/mol. The van der Waals surface area contributed by atoms with E-state index in [0.29, 0.717) is 25.1 Å². The number of nitrogens with zero attached hydrogens (tertiary/aromatic N) is 3. The molecule has 43 heavy (non-hydrogen) atoms. The number of ether oxygens (including phenoxy) is 4. The smallest absolute Gasteiger partial charge is 0.298 e. The van der Waals surface area contributed by atoms with E-state index in [9.17, 15) is 0 Å². The standard InChI is InChI=1S/C34H40N4O5/c1-39-17-4-15-37-16-18-40-32-12-7-24(19-30(32)37)23-41-33-20-35-14-13-28(33)25-8-10-26(11-9-25)42-27-21-38(22-27)34-36-29-5-2-3-6-31(29)43-34/h2-3,5-12,19,27-28,33,35H,4,13-18,20-23H2,1H3/t28-,33+/m1/s1. The Morgan fingerprint density at radius 1 is 1.05 bits per heavy atom. The van der Waals surface area contributed by atoms with Gasteiger partial charge in [0.1, 0.15) is 29.7 Å². The van der Waals surface area contributed by atoms with E-state index in [-0.39, 0.29) is 12.2 Å². The Labute approximate surface area is 252 Å². The Morgan fingerprint density at radius 2 is 1.93 bits per heavy atom. The number of nitrogens with one attached hydrogen (secondary N) is 1. The molecule has 9 nitrogen and oxygen atoms in total. The molecule has 0 radical (unpaired) electrons. The molecule has 9 heteroatoms. The first-order valence-electron chi connectivity index (χ1n) is 15.4. The number of para-hydroxylation sites is 2. The van der Waals surface area contributed by atoms with Crippen LogP contribution in [-0.2, 0) is 16.1 Å². The Bertz CT molecular complexity index is 1470. The van der Waals surface area contributed by atoms with Gasteiger partial charge in [0.25, 0.3) is 6.01 Å². The maximum absolute atomic E-state index is 6.56. The van der Waals surface area contributed by atoms with Crippen LogP contribution >= 0.6 is 0 Å². The first kappa shape index (κ1) is 28.0. The molecular formula is C34H40N4O5. The van der Waals surface area contributed by atoms with Gasteiger partial charge in [-0.15, -0.1) is 0 Å². The number of hydrogen-bond acceptors (Lipinski definition) is 9. The minimum Gasteiger partial charge on any atom is -0.490 e. The van der Waals surface area contributed by atoms with E-state index < -0.39 is 0 Å². The highest BCUT2D eigenvalue weighted by Crippen LogP contribution is 2.35. The first-order valence-corrected chi connectivity index (χ1v) is 15.4. The zero-order valence-electron chi connectivity index (χ0n) is 24.7. The molecule has 7 rings (SSSR count). The lowest BCUT2D eigenvalue weighted by atomic mass is 9.87. The van der Waals surface area contributed by atoms with Gasteiger partial charge in [0, 0.05) is 32.7 Å². The summed E-state index contributed by atoms with van der Waals surface area (Å²) in [6.07, 6.45) is 2.25. The van der Waals surface area contributed by atoms with E-state index >= 15 is 0 Å². The molecule has 3 aromatic carbocycles. The number of benzene rings is 3. The molecule has 2 atom stereocenters. The molecule has 1 N–H and O–H groups in total. The number of anilines is 2. The molecule has 2 fully saturated rings. The van der Waals surface area contributed by atoms with Crippen LogP contribution in [0.1, 0.15) is 29.9 Å². The van der Waals surface area contributed by atoms with Crippen LogP contribution in [0.3, 0.4) is 0 Å². The molecule has 226 valence electrons. The average Bonchev–Trinajstić information content (AvgIpc) is 3.46. The fourth-order valence-corrected chi connectivity index (χ4v) is 6.28. The molecule has 0 aliphatic carbocycles. The van der Waals surface area contributed by atoms with Crippen LogP contribution in [0.4, 0.5) is 11.7 Å². The topological polar surface area (TPSA) is 81.5 Å². The van der Waals surface area contributed by atoms with Crippen molar-refractivity contribution >= 4 is 22.8 Å². The lowest BCUT2D eigenvalue weighted by Gasteiger charge is -2.37. The predicted molar refractivity (Wildman–Crippen MR) is 167 cm³/mol. The summed E-state index contributed by atoms with van der Waals surface area (Å²) < 4.78 is 29.9. The molecule has 4 heterocycles. The summed E-state index contributed by atoms with van der Waals surface area (Å²) in [6.45, 7) is 7.26. The maximum Gasteiger partial charge on any atom is 0.298 e. The second-order valence-electron chi connectivity index (χ2n) is 11.6. The lowest BCUT2D eigenvalue weighted by Crippen LogP contribution is -2.54. The van der Waals surface area contributed by atoms with Gasteiger partial charge in [0.15, 0.2) is 5.58 Å². The van der Waals surface area contributed by atoms with Gasteiger partial charge in [0.2, 0.25) is 0 Å². The Morgan fingerprint density at radius 3 is 2.79 bits per heavy atom. The summed E-state index contributed by atoms with van der Waals surface area (Å²) in [6, 6.07) is 23.5. The summed E-state index contributed by atoms with van der Waals surface area (Å²) in [5.74, 6) is 2.18. The second kappa shape index (κ2) is 12.8. The predicted octanol–water partition coefficient (Wildman–Crippen LogP) is 4.99. The van der Waals surface area contributed by atoms with Crippen LogP contribution in [-0.4, -0.2) is 76.8 Å². The summed E-state index contributed by atoms with van der Waals surface area (Å²) in [4.78, 5) is 9.10. The van der Waals surface area contributed by atoms with Crippen LogP contribution in [0.5, 0.6) is 11.5 Å². The van der Waals surface area contributed by atoms with Crippen molar-refractivity contribution in [3.8, 4) is 11.5 Å². The third kappa shape index (κ3) is 6.30. The summed E-state index contributed by atoms with van der Waals surface area (Å²) in [5, 5.41) is 3.53. The summed E-state index contributed by atoms with van der Waals surface area (Å²) in [5.41, 5.74) is 5.32. The molecule has 3 aliphatic rings. The number of oxazole rings is 1. The second-order valence-corrected chi connectivity index (χ2v) is 11.6. The van der Waals surface area contributed by atoms with Gasteiger partial charge in [-0.3, -0.25) is 0 Å². The van der Waals surface area contributed by atoms with Crippen molar-refractivity contribution in [1.82, 2.24) is 10.3 Å². The van der Waals surface area contributed by atoms with Crippen molar-refractivity contribution in [3.05, 3.63) is 77.9 Å². The van der Waals surface area contributed by atoms with E-state index in [2.05, 4.69) is 62.6 Å². The molecule has 0 bridgehead atoms. The number of rotatable bonds is 11. The van der Waals surface area contributed by atoms with Crippen molar-refractivity contribution in [2.45, 2.75) is 37.6 Å². The molecule has 0 amide bonds. The van der Waals surface area contributed by atoms with Crippen LogP contribution in [0, 0.1) is 0 Å². The number of methoxy groups -OCH3 is 1. The lowest BCUT2D eigenvalue weighted by molar-refractivity contribution is 0.0106. The number of hydrogen-bond donors (Lipinski definition) is 1. The highest BCUT2D eigenvalue weighted by molar-refractivity contribution is 5.74. The van der Waals surface area contributed by atoms with E-state index in [1.165, 1.54) is 11.1 Å². The minimum absolute atomic E-state index is 0.0992. The fraction of sp³-hybridized carbons (Fsp3) is 0.441. The van der Waals surface area contributed by atoms with Crippen LogP contribution in [0.2, 0.25) is 0 Å². The molecule has 4 aromatic rings. The van der Waals surface area contributed by atoms with Crippen molar-refractivity contribution in [3.63, 3.8) is 0 Å². The Balaban J connectivity index is 0.938. The van der Waals surface area contributed by atoms with E-state index in [1.54, 1.807) is 7.11 Å². The molecular weight excluding hydrogens is 544 g/mol. The number of piperidine rings is 1. The SMILES string of the molecule is COCCCN1CCOc2ccc(CO[C@H]3CNCC[C@@H]3c3ccc(OC4CN(c5nc6ccccc6o5)C4)cc3)cc21. The highest BCUT2D eigenvalue weighted by Gasteiger charge is 2.32. The minimum atomic E-state index is 0.0992. The Kier molecular flexibility index (Phi) is 8.36. The van der Waals surface area contributed by atoms with Gasteiger partial charge in [0.05, 0.1) is 38.0 Å². The van der Waals surface area contributed by atoms with Crippen LogP contribution in [0.25, 0.3) is 11.1 Å². The van der Waals surface area contributed by atoms with Gasteiger partial charge >= 0.3 is 0 Å². The van der Waals surface area contributed by atoms with E-state index in [4.69, 9.17) is 23.4 Å². The molecule has 3 aliphatic heterocycles. The van der Waals surface area contributed by atoms with Gasteiger partial charge in [-0.25, -0.2) is 0 Å². The zero-order chi connectivity index (χ0) is 29.0. The van der Waals surface area contributed by atoms with Crippen LogP contribution < -0.4 is 24.6 Å². The quantitative estimate of drug-likeness (QED) is 0.245. The zero-order valence-corrected chi connectivity index (χ0v) is 24.7. The summed E-state index contributed by atoms with van der Waals surface area (Å²) >= 11 is 0. The number of aromatic nitrogens is 1. The molecule has 2 saturated heterocycles. The fourth-order valence-electron chi connectivity index (χ4n) is 6.28. The third-order valence-corrected chi connectivity index (χ3v) is 8.66.